The lowest BCUT2D eigenvalue weighted by molar-refractivity contribution is 0.509. The van der Waals surface area contributed by atoms with Crippen LogP contribution in [0.25, 0.3) is 11.3 Å². The first-order valence-corrected chi connectivity index (χ1v) is 5.96. The van der Waals surface area contributed by atoms with Crippen LogP contribution in [0.5, 0.6) is 0 Å². The molecule has 0 saturated heterocycles. The number of hydrogen-bond donors (Lipinski definition) is 1. The predicted molar refractivity (Wildman–Crippen MR) is 64.7 cm³/mol. The Labute approximate surface area is 102 Å². The van der Waals surface area contributed by atoms with E-state index >= 15 is 0 Å². The van der Waals surface area contributed by atoms with Crippen molar-refractivity contribution < 1.29 is 8.78 Å². The van der Waals surface area contributed by atoms with Crippen LogP contribution in [0, 0.1) is 11.6 Å². The minimum Gasteiger partial charge on any atom is -0.320 e. The third kappa shape index (κ3) is 2.50. The smallest absolute Gasteiger partial charge is 0.159 e. The summed E-state index contributed by atoms with van der Waals surface area (Å²) in [7, 11) is 0. The van der Waals surface area contributed by atoms with Crippen molar-refractivity contribution >= 4 is 11.3 Å². The first-order chi connectivity index (χ1) is 7.88. The Morgan fingerprint density at radius 3 is 2.47 bits per heavy atom. The third-order valence-corrected chi connectivity index (χ3v) is 3.45. The molecule has 0 spiro atoms. The van der Waals surface area contributed by atoms with Gasteiger partial charge in [-0.25, -0.2) is 13.8 Å². The molecule has 1 heterocycles. The lowest BCUT2D eigenvalue weighted by Gasteiger charge is -2.13. The van der Waals surface area contributed by atoms with E-state index in [9.17, 15) is 8.78 Å². The van der Waals surface area contributed by atoms with Gasteiger partial charge in [0, 0.05) is 10.9 Å². The molecule has 1 aromatic heterocycles. The molecule has 2 aromatic rings. The second kappa shape index (κ2) is 4.16. The molecule has 2 nitrogen and oxygen atoms in total. The van der Waals surface area contributed by atoms with Gasteiger partial charge in [-0.2, -0.15) is 0 Å². The highest BCUT2D eigenvalue weighted by Gasteiger charge is 2.19. The summed E-state index contributed by atoms with van der Waals surface area (Å²) < 4.78 is 25.9. The summed E-state index contributed by atoms with van der Waals surface area (Å²) in [5.41, 5.74) is 6.55. The standard InChI is InChI=1S/C12H12F2N2S/c1-12(2,15)11-16-10(6-17-11)7-3-4-8(13)9(14)5-7/h3-6H,15H2,1-2H3. The van der Waals surface area contributed by atoms with Gasteiger partial charge >= 0.3 is 0 Å². The maximum absolute atomic E-state index is 13.1. The molecule has 0 radical (unpaired) electrons. The van der Waals surface area contributed by atoms with Crippen LogP contribution in [0.4, 0.5) is 8.78 Å². The summed E-state index contributed by atoms with van der Waals surface area (Å²) in [6.45, 7) is 3.70. The fraction of sp³-hybridized carbons (Fsp3) is 0.250. The van der Waals surface area contributed by atoms with Crippen LogP contribution in [0.2, 0.25) is 0 Å². The summed E-state index contributed by atoms with van der Waals surface area (Å²) in [5.74, 6) is -1.73. The fourth-order valence-corrected chi connectivity index (χ4v) is 2.22. The van der Waals surface area contributed by atoms with Crippen molar-refractivity contribution in [3.05, 3.63) is 40.2 Å². The van der Waals surface area contributed by atoms with Gasteiger partial charge < -0.3 is 5.73 Å². The highest BCUT2D eigenvalue weighted by molar-refractivity contribution is 7.10. The highest BCUT2D eigenvalue weighted by atomic mass is 32.1. The zero-order valence-electron chi connectivity index (χ0n) is 9.50. The number of nitrogens with zero attached hydrogens (tertiary/aromatic N) is 1. The number of hydrogen-bond acceptors (Lipinski definition) is 3. The summed E-state index contributed by atoms with van der Waals surface area (Å²) in [4.78, 5) is 4.33. The van der Waals surface area contributed by atoms with Crippen molar-refractivity contribution in [1.82, 2.24) is 4.98 Å². The lowest BCUT2D eigenvalue weighted by Crippen LogP contribution is -2.28. The van der Waals surface area contributed by atoms with Crippen LogP contribution in [0.3, 0.4) is 0 Å². The molecule has 90 valence electrons. The SMILES string of the molecule is CC(C)(N)c1nc(-c2ccc(F)c(F)c2)cs1. The Morgan fingerprint density at radius 1 is 1.24 bits per heavy atom. The molecular formula is C12H12F2N2S. The van der Waals surface area contributed by atoms with Crippen molar-refractivity contribution in [2.45, 2.75) is 19.4 Å². The molecule has 1 aromatic carbocycles. The molecule has 2 rings (SSSR count). The van der Waals surface area contributed by atoms with Crippen LogP contribution < -0.4 is 5.73 Å². The van der Waals surface area contributed by atoms with Crippen molar-refractivity contribution in [2.75, 3.05) is 0 Å². The average Bonchev–Trinajstić information content (AvgIpc) is 2.70. The second-order valence-corrected chi connectivity index (χ2v) is 5.25. The number of rotatable bonds is 2. The molecule has 0 amide bonds. The van der Waals surface area contributed by atoms with E-state index in [0.29, 0.717) is 11.3 Å². The molecule has 0 atom stereocenters. The Bertz CT molecular complexity index is 544. The van der Waals surface area contributed by atoms with Crippen molar-refractivity contribution in [3.63, 3.8) is 0 Å². The number of benzene rings is 1. The summed E-state index contributed by atoms with van der Waals surface area (Å²) in [5, 5.41) is 2.55. The first kappa shape index (κ1) is 12.1. The molecule has 5 heteroatoms. The van der Waals surface area contributed by atoms with Gasteiger partial charge in [0.15, 0.2) is 11.6 Å². The van der Waals surface area contributed by atoms with Gasteiger partial charge in [-0.3, -0.25) is 0 Å². The van der Waals surface area contributed by atoms with E-state index in [0.717, 1.165) is 17.1 Å². The molecule has 2 N–H and O–H groups in total. The number of aromatic nitrogens is 1. The number of nitrogens with two attached hydrogens (primary N) is 1. The van der Waals surface area contributed by atoms with Gasteiger partial charge in [-0.1, -0.05) is 0 Å². The van der Waals surface area contributed by atoms with E-state index in [1.807, 2.05) is 13.8 Å². The highest BCUT2D eigenvalue weighted by Crippen LogP contribution is 2.27. The zero-order valence-corrected chi connectivity index (χ0v) is 10.3. The second-order valence-electron chi connectivity index (χ2n) is 4.39. The Kier molecular flexibility index (Phi) is 2.97. The van der Waals surface area contributed by atoms with E-state index < -0.39 is 17.2 Å². The molecular weight excluding hydrogens is 242 g/mol. The number of thiazole rings is 1. The van der Waals surface area contributed by atoms with E-state index in [1.165, 1.54) is 17.4 Å². The Balaban J connectivity index is 2.40. The molecule has 0 unspecified atom stereocenters. The molecule has 0 fully saturated rings. The van der Waals surface area contributed by atoms with Crippen molar-refractivity contribution in [2.24, 2.45) is 5.73 Å². The third-order valence-electron chi connectivity index (χ3n) is 2.27. The lowest BCUT2D eigenvalue weighted by atomic mass is 10.1. The topological polar surface area (TPSA) is 38.9 Å². The molecule has 0 bridgehead atoms. The van der Waals surface area contributed by atoms with Crippen LogP contribution in [-0.2, 0) is 5.54 Å². The van der Waals surface area contributed by atoms with E-state index in [2.05, 4.69) is 4.98 Å². The van der Waals surface area contributed by atoms with Gasteiger partial charge in [0.25, 0.3) is 0 Å². The molecule has 0 saturated carbocycles. The van der Waals surface area contributed by atoms with E-state index in [4.69, 9.17) is 5.73 Å². The maximum atomic E-state index is 13.1. The molecule has 17 heavy (non-hydrogen) atoms. The normalized spacial score (nSPS) is 11.8. The first-order valence-electron chi connectivity index (χ1n) is 5.08. The summed E-state index contributed by atoms with van der Waals surface area (Å²) >= 11 is 1.41. The zero-order chi connectivity index (χ0) is 12.6. The largest absolute Gasteiger partial charge is 0.320 e. The fourth-order valence-electron chi connectivity index (χ4n) is 1.36. The molecule has 0 aliphatic heterocycles. The van der Waals surface area contributed by atoms with Gasteiger partial charge in [0.05, 0.1) is 11.2 Å². The summed E-state index contributed by atoms with van der Waals surface area (Å²) in [6.07, 6.45) is 0. The molecule has 0 aliphatic carbocycles. The van der Waals surface area contributed by atoms with Crippen LogP contribution in [0.1, 0.15) is 18.9 Å². The average molecular weight is 254 g/mol. The predicted octanol–water partition coefficient (Wildman–Crippen LogP) is 3.28. The van der Waals surface area contributed by atoms with Crippen molar-refractivity contribution in [1.29, 1.82) is 0 Å². The van der Waals surface area contributed by atoms with E-state index in [-0.39, 0.29) is 0 Å². The Morgan fingerprint density at radius 2 is 1.94 bits per heavy atom. The van der Waals surface area contributed by atoms with Crippen LogP contribution in [-0.4, -0.2) is 4.98 Å². The van der Waals surface area contributed by atoms with Crippen molar-refractivity contribution in [3.8, 4) is 11.3 Å². The van der Waals surface area contributed by atoms with Gasteiger partial charge in [0.2, 0.25) is 0 Å². The van der Waals surface area contributed by atoms with Crippen LogP contribution in [0.15, 0.2) is 23.6 Å². The van der Waals surface area contributed by atoms with Crippen LogP contribution >= 0.6 is 11.3 Å². The van der Waals surface area contributed by atoms with E-state index in [1.54, 1.807) is 5.38 Å². The Hall–Kier alpha value is -1.33. The maximum Gasteiger partial charge on any atom is 0.159 e. The summed E-state index contributed by atoms with van der Waals surface area (Å²) in [6, 6.07) is 3.73. The minimum absolute atomic E-state index is 0.526. The quantitative estimate of drug-likeness (QED) is 0.893. The van der Waals surface area contributed by atoms with Gasteiger partial charge in [0.1, 0.15) is 5.01 Å². The van der Waals surface area contributed by atoms with Gasteiger partial charge in [-0.15, -0.1) is 11.3 Å². The van der Waals surface area contributed by atoms with Gasteiger partial charge in [-0.05, 0) is 32.0 Å². The number of halogens is 2. The molecule has 0 aliphatic rings. The monoisotopic (exact) mass is 254 g/mol. The minimum atomic E-state index is -0.871.